The molecule has 3 aromatic rings. The smallest absolute Gasteiger partial charge is 0.233 e. The normalized spacial score (nSPS) is 10.2. The van der Waals surface area contributed by atoms with E-state index in [4.69, 9.17) is 4.74 Å². The fraction of sp³-hybridized carbons (Fsp3) is 0. The largest absolute Gasteiger partial charge is 0.438 e. The van der Waals surface area contributed by atoms with Gasteiger partial charge in [0.1, 0.15) is 5.75 Å². The summed E-state index contributed by atoms with van der Waals surface area (Å²) in [4.78, 5) is 4.19. The minimum absolute atomic E-state index is 0.569. The number of ether oxygens (including phenoxy) is 1. The fourth-order valence-electron chi connectivity index (χ4n) is 1.90. The van der Waals surface area contributed by atoms with Crippen LogP contribution in [0.2, 0.25) is 0 Å². The van der Waals surface area contributed by atoms with Gasteiger partial charge >= 0.3 is 0 Å². The van der Waals surface area contributed by atoms with Crippen molar-refractivity contribution in [1.29, 1.82) is 0 Å². The van der Waals surface area contributed by atoms with Gasteiger partial charge in [0.25, 0.3) is 0 Å². The van der Waals surface area contributed by atoms with E-state index in [1.54, 1.807) is 6.20 Å². The van der Waals surface area contributed by atoms with Gasteiger partial charge in [-0.1, -0.05) is 42.5 Å². The van der Waals surface area contributed by atoms with E-state index in [2.05, 4.69) is 33.0 Å². The highest BCUT2D eigenvalue weighted by Gasteiger charge is 2.03. The molecule has 0 aliphatic rings. The van der Waals surface area contributed by atoms with Gasteiger partial charge in [0, 0.05) is 6.20 Å². The zero-order valence-corrected chi connectivity index (χ0v) is 12.2. The minimum atomic E-state index is 0.569. The van der Waals surface area contributed by atoms with Crippen LogP contribution in [0.15, 0.2) is 77.4 Å². The monoisotopic (exact) mass is 325 g/mol. The zero-order valence-electron chi connectivity index (χ0n) is 10.7. The van der Waals surface area contributed by atoms with Crippen molar-refractivity contribution in [2.24, 2.45) is 0 Å². The summed E-state index contributed by atoms with van der Waals surface area (Å²) in [5.41, 5.74) is 2.36. The van der Waals surface area contributed by atoms with Crippen molar-refractivity contribution in [2.75, 3.05) is 0 Å². The molecule has 2 aromatic carbocycles. The second-order valence-electron chi connectivity index (χ2n) is 4.28. The van der Waals surface area contributed by atoms with Gasteiger partial charge in [-0.15, -0.1) is 0 Å². The molecule has 20 heavy (non-hydrogen) atoms. The molecule has 3 heteroatoms. The number of nitrogens with zero attached hydrogens (tertiary/aromatic N) is 1. The van der Waals surface area contributed by atoms with Crippen LogP contribution in [-0.2, 0) is 0 Å². The van der Waals surface area contributed by atoms with Crippen molar-refractivity contribution in [3.8, 4) is 22.8 Å². The van der Waals surface area contributed by atoms with Crippen molar-refractivity contribution in [3.05, 3.63) is 77.4 Å². The van der Waals surface area contributed by atoms with Crippen molar-refractivity contribution in [3.63, 3.8) is 0 Å². The van der Waals surface area contributed by atoms with Crippen LogP contribution in [0.25, 0.3) is 11.1 Å². The molecule has 0 saturated heterocycles. The Kier molecular flexibility index (Phi) is 3.79. The molecule has 98 valence electrons. The maximum Gasteiger partial charge on any atom is 0.233 e. The standard InChI is InChI=1S/C17H12BrNO/c18-16-7-4-12-19-17(16)20-15-10-8-14(9-11-15)13-5-2-1-3-6-13/h1-12H. The zero-order chi connectivity index (χ0) is 13.8. The van der Waals surface area contributed by atoms with Crippen molar-refractivity contribution < 1.29 is 4.74 Å². The van der Waals surface area contributed by atoms with E-state index >= 15 is 0 Å². The Morgan fingerprint density at radius 2 is 1.45 bits per heavy atom. The second kappa shape index (κ2) is 5.88. The SMILES string of the molecule is Brc1cccnc1Oc1ccc(-c2ccccc2)cc1. The molecule has 3 rings (SSSR count). The third kappa shape index (κ3) is 2.89. The lowest BCUT2D eigenvalue weighted by molar-refractivity contribution is 0.460. The maximum absolute atomic E-state index is 5.74. The highest BCUT2D eigenvalue weighted by molar-refractivity contribution is 9.10. The Labute approximate surface area is 126 Å². The van der Waals surface area contributed by atoms with E-state index in [9.17, 15) is 0 Å². The van der Waals surface area contributed by atoms with Crippen LogP contribution in [0, 0.1) is 0 Å². The molecule has 0 aliphatic carbocycles. The van der Waals surface area contributed by atoms with Gasteiger partial charge in [0.15, 0.2) is 0 Å². The Morgan fingerprint density at radius 3 is 2.15 bits per heavy atom. The van der Waals surface area contributed by atoms with Crippen LogP contribution in [-0.4, -0.2) is 4.98 Å². The lowest BCUT2D eigenvalue weighted by Gasteiger charge is -2.07. The summed E-state index contributed by atoms with van der Waals surface area (Å²) in [5.74, 6) is 1.34. The van der Waals surface area contributed by atoms with Crippen molar-refractivity contribution in [2.45, 2.75) is 0 Å². The average Bonchev–Trinajstić information content (AvgIpc) is 2.51. The summed E-state index contributed by atoms with van der Waals surface area (Å²) in [6.07, 6.45) is 1.71. The molecule has 0 amide bonds. The van der Waals surface area contributed by atoms with Gasteiger partial charge in [-0.2, -0.15) is 0 Å². The third-order valence-corrected chi connectivity index (χ3v) is 3.50. The summed E-state index contributed by atoms with van der Waals surface area (Å²) in [7, 11) is 0. The average molecular weight is 326 g/mol. The van der Waals surface area contributed by atoms with E-state index in [-0.39, 0.29) is 0 Å². The maximum atomic E-state index is 5.74. The third-order valence-electron chi connectivity index (χ3n) is 2.90. The van der Waals surface area contributed by atoms with Gasteiger partial charge in [0.05, 0.1) is 4.47 Å². The van der Waals surface area contributed by atoms with Gasteiger partial charge in [0.2, 0.25) is 5.88 Å². The number of hydrogen-bond donors (Lipinski definition) is 0. The topological polar surface area (TPSA) is 22.1 Å². The van der Waals surface area contributed by atoms with Gasteiger partial charge in [-0.25, -0.2) is 4.98 Å². The van der Waals surface area contributed by atoms with Crippen LogP contribution >= 0.6 is 15.9 Å². The van der Waals surface area contributed by atoms with E-state index in [0.29, 0.717) is 5.88 Å². The molecule has 0 bridgehead atoms. The summed E-state index contributed by atoms with van der Waals surface area (Å²) < 4.78 is 6.58. The molecule has 1 heterocycles. The molecule has 0 N–H and O–H groups in total. The first-order chi connectivity index (χ1) is 9.83. The first kappa shape index (κ1) is 12.9. The molecule has 2 nitrogen and oxygen atoms in total. The van der Waals surface area contributed by atoms with Crippen LogP contribution < -0.4 is 4.74 Å². The molecule has 0 aliphatic heterocycles. The quantitative estimate of drug-likeness (QED) is 0.651. The van der Waals surface area contributed by atoms with E-state index in [1.807, 2.05) is 54.6 Å². The predicted molar refractivity (Wildman–Crippen MR) is 83.9 cm³/mol. The Balaban J connectivity index is 1.82. The highest BCUT2D eigenvalue weighted by Crippen LogP contribution is 2.28. The molecule has 0 saturated carbocycles. The summed E-state index contributed by atoms with van der Waals surface area (Å²) >= 11 is 3.42. The fourth-order valence-corrected chi connectivity index (χ4v) is 2.24. The number of hydrogen-bond acceptors (Lipinski definition) is 2. The highest BCUT2D eigenvalue weighted by atomic mass is 79.9. The van der Waals surface area contributed by atoms with E-state index in [0.717, 1.165) is 15.8 Å². The van der Waals surface area contributed by atoms with Gasteiger partial charge in [-0.05, 0) is 51.3 Å². The lowest BCUT2D eigenvalue weighted by atomic mass is 10.1. The number of benzene rings is 2. The first-order valence-electron chi connectivity index (χ1n) is 6.27. The number of pyridine rings is 1. The Hall–Kier alpha value is -2.13. The Morgan fingerprint density at radius 1 is 0.750 bits per heavy atom. The van der Waals surface area contributed by atoms with Crippen molar-refractivity contribution >= 4 is 15.9 Å². The van der Waals surface area contributed by atoms with E-state index < -0.39 is 0 Å². The van der Waals surface area contributed by atoms with Crippen LogP contribution in [0.4, 0.5) is 0 Å². The van der Waals surface area contributed by atoms with Crippen LogP contribution in [0.1, 0.15) is 0 Å². The molecule has 0 fully saturated rings. The van der Waals surface area contributed by atoms with Crippen LogP contribution in [0.3, 0.4) is 0 Å². The number of aromatic nitrogens is 1. The number of halogens is 1. The summed E-state index contributed by atoms with van der Waals surface area (Å²) in [6, 6.07) is 22.0. The molecule has 0 radical (unpaired) electrons. The molecule has 0 unspecified atom stereocenters. The van der Waals surface area contributed by atoms with E-state index in [1.165, 1.54) is 5.56 Å². The molecule has 0 spiro atoms. The molecule has 0 atom stereocenters. The summed E-state index contributed by atoms with van der Waals surface area (Å²) in [6.45, 7) is 0. The molecular formula is C17H12BrNO. The molecular weight excluding hydrogens is 314 g/mol. The number of rotatable bonds is 3. The lowest BCUT2D eigenvalue weighted by Crippen LogP contribution is -1.88. The van der Waals surface area contributed by atoms with Gasteiger partial charge in [-0.3, -0.25) is 0 Å². The summed E-state index contributed by atoms with van der Waals surface area (Å²) in [5, 5.41) is 0. The van der Waals surface area contributed by atoms with Crippen molar-refractivity contribution in [1.82, 2.24) is 4.98 Å². The van der Waals surface area contributed by atoms with Gasteiger partial charge < -0.3 is 4.74 Å². The first-order valence-corrected chi connectivity index (χ1v) is 7.06. The van der Waals surface area contributed by atoms with Crippen LogP contribution in [0.5, 0.6) is 11.6 Å². The minimum Gasteiger partial charge on any atom is -0.438 e. The second-order valence-corrected chi connectivity index (χ2v) is 5.14. The predicted octanol–water partition coefficient (Wildman–Crippen LogP) is 5.30. The Bertz CT molecular complexity index is 696. The molecule has 1 aromatic heterocycles.